The van der Waals surface area contributed by atoms with Crippen LogP contribution in [-0.4, -0.2) is 28.0 Å². The summed E-state index contributed by atoms with van der Waals surface area (Å²) in [7, 11) is 0. The van der Waals surface area contributed by atoms with Crippen molar-refractivity contribution in [2.75, 3.05) is 5.32 Å². The van der Waals surface area contributed by atoms with Crippen molar-refractivity contribution in [1.82, 2.24) is 9.88 Å². The first-order valence-corrected chi connectivity index (χ1v) is 10.4. The molecule has 0 aliphatic heterocycles. The molecule has 0 spiro atoms. The average molecular weight is 370 g/mol. The third-order valence-electron chi connectivity index (χ3n) is 5.68. The highest BCUT2D eigenvalue weighted by molar-refractivity contribution is 7.19. The van der Waals surface area contributed by atoms with E-state index in [2.05, 4.69) is 29.0 Å². The van der Waals surface area contributed by atoms with Crippen LogP contribution in [0.5, 0.6) is 0 Å². The molecule has 0 radical (unpaired) electrons. The largest absolute Gasteiger partial charge is 0.324 e. The maximum atomic E-state index is 13.0. The normalized spacial score (nSPS) is 30.8. The van der Waals surface area contributed by atoms with Crippen molar-refractivity contribution in [1.29, 1.82) is 0 Å². The van der Waals surface area contributed by atoms with Crippen LogP contribution in [0.1, 0.15) is 65.2 Å². The zero-order valence-corrected chi connectivity index (χ0v) is 16.2. The van der Waals surface area contributed by atoms with Crippen LogP contribution in [0.15, 0.2) is 6.20 Å². The van der Waals surface area contributed by atoms with Crippen LogP contribution in [0.3, 0.4) is 0 Å². The smallest absolute Gasteiger partial charge is 0.319 e. The predicted octanol–water partition coefficient (Wildman–Crippen LogP) is 5.79. The Hall–Kier alpha value is -0.810. The summed E-state index contributed by atoms with van der Waals surface area (Å²) in [5, 5.41) is 3.59. The number of aromatic nitrogens is 1. The van der Waals surface area contributed by atoms with Gasteiger partial charge in [-0.2, -0.15) is 0 Å². The molecule has 4 nitrogen and oxygen atoms in total. The van der Waals surface area contributed by atoms with Crippen molar-refractivity contribution >= 4 is 34.1 Å². The standard InChI is InChI=1S/C18H28ClN3OS/c1-12-3-7-14(8-4-12)22(15-9-5-13(2)6-10-15)18(23)21-17-20-11-16(19)24-17/h11-15H,3-10H2,1-2H3,(H,20,21,23). The maximum absolute atomic E-state index is 13.0. The van der Waals surface area contributed by atoms with E-state index in [0.717, 1.165) is 37.5 Å². The van der Waals surface area contributed by atoms with Gasteiger partial charge in [-0.15, -0.1) is 0 Å². The first-order chi connectivity index (χ1) is 11.5. The van der Waals surface area contributed by atoms with Crippen molar-refractivity contribution in [3.8, 4) is 0 Å². The highest BCUT2D eigenvalue weighted by Crippen LogP contribution is 2.34. The summed E-state index contributed by atoms with van der Waals surface area (Å²) in [6, 6.07) is 0.755. The van der Waals surface area contributed by atoms with E-state index in [1.165, 1.54) is 37.0 Å². The third kappa shape index (κ3) is 4.42. The van der Waals surface area contributed by atoms with Gasteiger partial charge in [0, 0.05) is 12.1 Å². The monoisotopic (exact) mass is 369 g/mol. The Kier molecular flexibility index (Phi) is 6.03. The van der Waals surface area contributed by atoms with Gasteiger partial charge in [0.05, 0.1) is 6.20 Å². The zero-order chi connectivity index (χ0) is 17.1. The fraction of sp³-hybridized carbons (Fsp3) is 0.778. The van der Waals surface area contributed by atoms with E-state index in [9.17, 15) is 4.79 Å². The number of thiazole rings is 1. The molecule has 2 fully saturated rings. The third-order valence-corrected chi connectivity index (χ3v) is 6.71. The van der Waals surface area contributed by atoms with Crippen molar-refractivity contribution in [2.24, 2.45) is 11.8 Å². The van der Waals surface area contributed by atoms with Gasteiger partial charge >= 0.3 is 6.03 Å². The second kappa shape index (κ2) is 8.05. The van der Waals surface area contributed by atoms with E-state index >= 15 is 0 Å². The minimum atomic E-state index is 0.0140. The van der Waals surface area contributed by atoms with Crippen LogP contribution in [0.25, 0.3) is 0 Å². The molecule has 2 aliphatic rings. The summed E-state index contributed by atoms with van der Waals surface area (Å²) in [5.74, 6) is 1.57. The van der Waals surface area contributed by atoms with Gasteiger partial charge in [0.2, 0.25) is 0 Å². The number of nitrogens with one attached hydrogen (secondary N) is 1. The molecule has 1 aromatic rings. The maximum Gasteiger partial charge on any atom is 0.324 e. The molecule has 0 aromatic carbocycles. The van der Waals surface area contributed by atoms with Gasteiger partial charge in [0.25, 0.3) is 0 Å². The highest BCUT2D eigenvalue weighted by Gasteiger charge is 2.34. The molecule has 134 valence electrons. The summed E-state index contributed by atoms with van der Waals surface area (Å²) in [6.45, 7) is 4.64. The van der Waals surface area contributed by atoms with Crippen molar-refractivity contribution in [2.45, 2.75) is 77.3 Å². The van der Waals surface area contributed by atoms with E-state index in [4.69, 9.17) is 11.6 Å². The summed E-state index contributed by atoms with van der Waals surface area (Å²) < 4.78 is 0.606. The molecule has 2 aliphatic carbocycles. The Morgan fingerprint density at radius 1 is 1.08 bits per heavy atom. The molecule has 2 amide bonds. The lowest BCUT2D eigenvalue weighted by Crippen LogP contribution is -2.51. The van der Waals surface area contributed by atoms with E-state index < -0.39 is 0 Å². The van der Waals surface area contributed by atoms with Crippen LogP contribution >= 0.6 is 22.9 Å². The van der Waals surface area contributed by atoms with Gasteiger partial charge < -0.3 is 4.90 Å². The first-order valence-electron chi connectivity index (χ1n) is 9.23. The predicted molar refractivity (Wildman–Crippen MR) is 101 cm³/mol. The van der Waals surface area contributed by atoms with Gasteiger partial charge in [0.1, 0.15) is 4.34 Å². The zero-order valence-electron chi connectivity index (χ0n) is 14.6. The molecule has 1 aromatic heterocycles. The number of hydrogen-bond acceptors (Lipinski definition) is 3. The number of carbonyl (C=O) groups excluding carboxylic acids is 1. The molecule has 3 rings (SSSR count). The lowest BCUT2D eigenvalue weighted by atomic mass is 9.82. The van der Waals surface area contributed by atoms with E-state index in [-0.39, 0.29) is 6.03 Å². The number of nitrogens with zero attached hydrogens (tertiary/aromatic N) is 2. The molecule has 1 heterocycles. The van der Waals surface area contributed by atoms with Crippen molar-refractivity contribution in [3.05, 3.63) is 10.5 Å². The Morgan fingerprint density at radius 2 is 1.58 bits per heavy atom. The topological polar surface area (TPSA) is 45.2 Å². The molecule has 1 N–H and O–H groups in total. The average Bonchev–Trinajstić information content (AvgIpc) is 2.96. The van der Waals surface area contributed by atoms with E-state index in [1.807, 2.05) is 0 Å². The first kappa shape index (κ1) is 18.0. The number of urea groups is 1. The Morgan fingerprint density at radius 3 is 2.00 bits per heavy atom. The molecular weight excluding hydrogens is 342 g/mol. The molecular formula is C18H28ClN3OS. The SMILES string of the molecule is CC1CCC(N(C(=O)Nc2ncc(Cl)s2)C2CCC(C)CC2)CC1. The number of hydrogen-bond donors (Lipinski definition) is 1. The van der Waals surface area contributed by atoms with Gasteiger partial charge in [-0.3, -0.25) is 5.32 Å². The van der Waals surface area contributed by atoms with Gasteiger partial charge in [-0.1, -0.05) is 36.8 Å². The molecule has 2 saturated carbocycles. The molecule has 0 saturated heterocycles. The quantitative estimate of drug-likeness (QED) is 0.733. The van der Waals surface area contributed by atoms with Gasteiger partial charge in [-0.05, 0) is 63.2 Å². The van der Waals surface area contributed by atoms with Crippen molar-refractivity contribution in [3.63, 3.8) is 0 Å². The highest BCUT2D eigenvalue weighted by atomic mass is 35.5. The fourth-order valence-corrected chi connectivity index (χ4v) is 4.94. The van der Waals surface area contributed by atoms with E-state index in [1.54, 1.807) is 6.20 Å². The van der Waals surface area contributed by atoms with Crippen molar-refractivity contribution < 1.29 is 4.79 Å². The van der Waals surface area contributed by atoms with Crippen LogP contribution in [0, 0.1) is 11.8 Å². The number of carbonyl (C=O) groups is 1. The molecule has 24 heavy (non-hydrogen) atoms. The number of anilines is 1. The van der Waals surface area contributed by atoms with Crippen LogP contribution in [0.4, 0.5) is 9.93 Å². The van der Waals surface area contributed by atoms with Gasteiger partial charge in [-0.25, -0.2) is 9.78 Å². The molecule has 0 unspecified atom stereocenters. The van der Waals surface area contributed by atoms with E-state index in [0.29, 0.717) is 21.6 Å². The molecule has 6 heteroatoms. The second-order valence-corrected chi connectivity index (χ2v) is 9.30. The summed E-state index contributed by atoms with van der Waals surface area (Å²) >= 11 is 7.27. The number of halogens is 1. The molecule has 0 atom stereocenters. The number of rotatable bonds is 3. The lowest BCUT2D eigenvalue weighted by molar-refractivity contribution is 0.0975. The Bertz CT molecular complexity index is 526. The fourth-order valence-electron chi connectivity index (χ4n) is 4.14. The Balaban J connectivity index is 1.71. The molecule has 0 bridgehead atoms. The van der Waals surface area contributed by atoms with Crippen LogP contribution in [0.2, 0.25) is 4.34 Å². The van der Waals surface area contributed by atoms with Crippen LogP contribution in [-0.2, 0) is 0 Å². The minimum Gasteiger partial charge on any atom is -0.319 e. The second-order valence-electron chi connectivity index (χ2n) is 7.63. The summed E-state index contributed by atoms with van der Waals surface area (Å²) in [5.41, 5.74) is 0. The minimum absolute atomic E-state index is 0.0140. The Labute approximate surface area is 154 Å². The summed E-state index contributed by atoms with van der Waals surface area (Å²) in [4.78, 5) is 19.4. The lowest BCUT2D eigenvalue weighted by Gasteiger charge is -2.43. The van der Waals surface area contributed by atoms with Gasteiger partial charge in [0.15, 0.2) is 5.13 Å². The van der Waals surface area contributed by atoms with Crippen LogP contribution < -0.4 is 5.32 Å². The number of amides is 2. The summed E-state index contributed by atoms with van der Waals surface area (Å²) in [6.07, 6.45) is 11.0.